The summed E-state index contributed by atoms with van der Waals surface area (Å²) in [5.74, 6) is 0. The van der Waals surface area contributed by atoms with Crippen molar-refractivity contribution in [3.8, 4) is 17.8 Å². The zero-order valence-corrected chi connectivity index (χ0v) is 14.3. The average Bonchev–Trinajstić information content (AvgIpc) is 3.09. The molecule has 0 radical (unpaired) electrons. The molecule has 2 heterocycles. The minimum atomic E-state index is -0.334. The summed E-state index contributed by atoms with van der Waals surface area (Å²) in [6.45, 7) is 3.41. The number of hydrogen-bond donors (Lipinski definition) is 1. The molecule has 0 aliphatic carbocycles. The Hall–Kier alpha value is -3.49. The van der Waals surface area contributed by atoms with Crippen molar-refractivity contribution in [3.63, 3.8) is 0 Å². The minimum Gasteiger partial charge on any atom is -0.293 e. The van der Waals surface area contributed by atoms with Gasteiger partial charge in [0.15, 0.2) is 10.7 Å². The fourth-order valence-electron chi connectivity index (χ4n) is 2.32. The molecule has 0 aliphatic heterocycles. The Balaban J connectivity index is 2.05. The van der Waals surface area contributed by atoms with Crippen molar-refractivity contribution in [2.45, 2.75) is 13.8 Å². The van der Waals surface area contributed by atoms with Crippen LogP contribution >= 0.6 is 11.3 Å². The number of para-hydroxylation sites is 1. The van der Waals surface area contributed by atoms with Crippen molar-refractivity contribution >= 4 is 22.0 Å². The summed E-state index contributed by atoms with van der Waals surface area (Å²) >= 11 is 1.08. The van der Waals surface area contributed by atoms with E-state index >= 15 is 0 Å². The molecule has 1 N–H and O–H groups in total. The highest BCUT2D eigenvalue weighted by Gasteiger charge is 2.16. The van der Waals surface area contributed by atoms with Crippen LogP contribution in [0.25, 0.3) is 5.69 Å². The first-order chi connectivity index (χ1) is 12.1. The topological polar surface area (TPSA) is 110 Å². The molecule has 0 spiro atoms. The maximum absolute atomic E-state index is 12.6. The van der Waals surface area contributed by atoms with Gasteiger partial charge >= 0.3 is 0 Å². The molecule has 0 aliphatic rings. The largest absolute Gasteiger partial charge is 0.299 e. The van der Waals surface area contributed by atoms with E-state index in [-0.39, 0.29) is 11.2 Å². The van der Waals surface area contributed by atoms with E-state index in [0.717, 1.165) is 11.3 Å². The lowest BCUT2D eigenvalue weighted by Crippen LogP contribution is -2.13. The predicted octanol–water partition coefficient (Wildman–Crippen LogP) is 4.00. The highest BCUT2D eigenvalue weighted by atomic mass is 32.1. The van der Waals surface area contributed by atoms with Crippen molar-refractivity contribution < 1.29 is 0 Å². The summed E-state index contributed by atoms with van der Waals surface area (Å²) in [6.07, 6.45) is 0. The van der Waals surface area contributed by atoms with Crippen molar-refractivity contribution in [1.29, 1.82) is 10.5 Å². The second-order valence-corrected chi connectivity index (χ2v) is 6.22. The number of rotatable bonds is 3. The minimum absolute atomic E-state index is 0.164. The number of benzene rings is 1. The summed E-state index contributed by atoms with van der Waals surface area (Å²) in [4.78, 5) is 13.0. The van der Waals surface area contributed by atoms with Gasteiger partial charge in [-0.15, -0.1) is 21.6 Å². The van der Waals surface area contributed by atoms with Crippen molar-refractivity contribution in [2.24, 2.45) is 10.2 Å². The molecule has 122 valence electrons. The zero-order valence-electron chi connectivity index (χ0n) is 13.4. The summed E-state index contributed by atoms with van der Waals surface area (Å²) < 4.78 is 1.38. The van der Waals surface area contributed by atoms with E-state index < -0.39 is 0 Å². The lowest BCUT2D eigenvalue weighted by molar-refractivity contribution is 0.835. The van der Waals surface area contributed by atoms with Crippen LogP contribution in [0.15, 0.2) is 45.4 Å². The first-order valence-corrected chi connectivity index (χ1v) is 8.10. The molecule has 0 fully saturated rings. The molecule has 0 saturated carbocycles. The Morgan fingerprint density at radius 2 is 1.84 bits per heavy atom. The van der Waals surface area contributed by atoms with Crippen LogP contribution in [0.2, 0.25) is 0 Å². The molecular formula is C17H12N6OS. The maximum atomic E-state index is 12.6. The summed E-state index contributed by atoms with van der Waals surface area (Å²) in [5.41, 5.74) is 1.97. The van der Waals surface area contributed by atoms with Crippen molar-refractivity contribution in [3.05, 3.63) is 62.4 Å². The fraction of sp³-hybridized carbons (Fsp3) is 0.118. The van der Waals surface area contributed by atoms with Gasteiger partial charge in [0.2, 0.25) is 0 Å². The first kappa shape index (κ1) is 16.4. The number of H-pyrrole nitrogens is 1. The third-order valence-electron chi connectivity index (χ3n) is 3.64. The molecule has 25 heavy (non-hydrogen) atoms. The van der Waals surface area contributed by atoms with E-state index in [9.17, 15) is 10.1 Å². The molecule has 3 rings (SSSR count). The van der Waals surface area contributed by atoms with Gasteiger partial charge in [-0.25, -0.2) is 4.68 Å². The molecule has 0 atom stereocenters. The van der Waals surface area contributed by atoms with Gasteiger partial charge in [-0.05, 0) is 31.5 Å². The monoisotopic (exact) mass is 348 g/mol. The van der Waals surface area contributed by atoms with Gasteiger partial charge in [0, 0.05) is 0 Å². The first-order valence-electron chi connectivity index (χ1n) is 7.29. The molecule has 8 heteroatoms. The van der Waals surface area contributed by atoms with E-state index in [1.54, 1.807) is 26.0 Å². The summed E-state index contributed by atoms with van der Waals surface area (Å²) in [5, 5.41) is 29.7. The predicted molar refractivity (Wildman–Crippen MR) is 93.8 cm³/mol. The molecule has 2 aromatic heterocycles. The van der Waals surface area contributed by atoms with E-state index in [0.29, 0.717) is 32.4 Å². The molecular weight excluding hydrogens is 336 g/mol. The number of aromatic amines is 1. The third-order valence-corrected chi connectivity index (χ3v) is 4.72. The average molecular weight is 348 g/mol. The third kappa shape index (κ3) is 2.87. The second-order valence-electron chi connectivity index (χ2n) is 5.22. The van der Waals surface area contributed by atoms with Crippen LogP contribution < -0.4 is 5.56 Å². The SMILES string of the molecule is Cc1[nH]n(-c2ccccc2)c(=O)c1N=Nc1sc(C#N)c(C)c1C#N. The van der Waals surface area contributed by atoms with Gasteiger partial charge in [-0.1, -0.05) is 18.2 Å². The van der Waals surface area contributed by atoms with Crippen LogP contribution in [-0.4, -0.2) is 9.78 Å². The number of nitriles is 2. The molecule has 7 nitrogen and oxygen atoms in total. The Morgan fingerprint density at radius 3 is 2.48 bits per heavy atom. The summed E-state index contributed by atoms with van der Waals surface area (Å²) in [6, 6.07) is 13.2. The van der Waals surface area contributed by atoms with E-state index in [1.165, 1.54) is 4.68 Å². The van der Waals surface area contributed by atoms with Crippen LogP contribution in [0.3, 0.4) is 0 Å². The van der Waals surface area contributed by atoms with Gasteiger partial charge in [0.1, 0.15) is 17.0 Å². The van der Waals surface area contributed by atoms with Gasteiger partial charge in [0.25, 0.3) is 5.56 Å². The Morgan fingerprint density at radius 1 is 1.12 bits per heavy atom. The maximum Gasteiger partial charge on any atom is 0.299 e. The van der Waals surface area contributed by atoms with Crippen molar-refractivity contribution in [1.82, 2.24) is 9.78 Å². The van der Waals surface area contributed by atoms with Crippen LogP contribution in [0.4, 0.5) is 10.7 Å². The van der Waals surface area contributed by atoms with Crippen molar-refractivity contribution in [2.75, 3.05) is 0 Å². The van der Waals surface area contributed by atoms with E-state index in [2.05, 4.69) is 15.3 Å². The molecule has 0 saturated heterocycles. The number of azo groups is 1. The molecule has 0 bridgehead atoms. The number of nitrogens with one attached hydrogen (secondary N) is 1. The standard InChI is InChI=1S/C17H12N6OS/c1-10-13(8-18)16(25-14(10)9-19)21-20-15-11(2)22-23(17(15)24)12-6-4-3-5-7-12/h3-7,22H,1-2H3. The highest BCUT2D eigenvalue weighted by molar-refractivity contribution is 7.16. The van der Waals surface area contributed by atoms with Crippen LogP contribution in [0, 0.1) is 36.5 Å². The molecule has 1 aromatic carbocycles. The van der Waals surface area contributed by atoms with Gasteiger partial charge in [-0.3, -0.25) is 9.89 Å². The van der Waals surface area contributed by atoms with E-state index in [4.69, 9.17) is 5.26 Å². The Labute approximate surface area is 147 Å². The summed E-state index contributed by atoms with van der Waals surface area (Å²) in [7, 11) is 0. The zero-order chi connectivity index (χ0) is 18.0. The number of hydrogen-bond acceptors (Lipinski definition) is 6. The van der Waals surface area contributed by atoms with Gasteiger partial charge in [0.05, 0.1) is 16.9 Å². The number of aromatic nitrogens is 2. The molecule has 3 aromatic rings. The lowest BCUT2D eigenvalue weighted by Gasteiger charge is -1.99. The number of thiophene rings is 1. The number of aryl methyl sites for hydroxylation is 1. The molecule has 0 amide bonds. The Bertz CT molecular complexity index is 1110. The smallest absolute Gasteiger partial charge is 0.293 e. The van der Waals surface area contributed by atoms with Crippen LogP contribution in [0.1, 0.15) is 21.7 Å². The van der Waals surface area contributed by atoms with Crippen LogP contribution in [-0.2, 0) is 0 Å². The van der Waals surface area contributed by atoms with Crippen LogP contribution in [0.5, 0.6) is 0 Å². The fourth-order valence-corrected chi connectivity index (χ4v) is 3.19. The van der Waals surface area contributed by atoms with Gasteiger partial charge in [-0.2, -0.15) is 10.5 Å². The molecule has 0 unspecified atom stereocenters. The highest BCUT2D eigenvalue weighted by Crippen LogP contribution is 2.35. The quantitative estimate of drug-likeness (QED) is 0.722. The van der Waals surface area contributed by atoms with E-state index in [1.807, 2.05) is 30.3 Å². The Kier molecular flexibility index (Phi) is 4.29. The normalized spacial score (nSPS) is 10.7. The lowest BCUT2D eigenvalue weighted by atomic mass is 10.2. The number of nitrogens with zero attached hydrogens (tertiary/aromatic N) is 5. The van der Waals surface area contributed by atoms with Gasteiger partial charge < -0.3 is 0 Å². The second kappa shape index (κ2) is 6.56.